The maximum absolute atomic E-state index is 13.1. The van der Waals surface area contributed by atoms with Crippen molar-refractivity contribution in [2.45, 2.75) is 13.1 Å². The van der Waals surface area contributed by atoms with E-state index >= 15 is 0 Å². The Bertz CT molecular complexity index is 950. The van der Waals surface area contributed by atoms with Crippen molar-refractivity contribution in [3.05, 3.63) is 95.6 Å². The summed E-state index contributed by atoms with van der Waals surface area (Å²) in [5, 5.41) is 0. The second kappa shape index (κ2) is 10.9. The first-order valence-electron chi connectivity index (χ1n) is 9.99. The molecule has 0 aliphatic heterocycles. The number of ether oxygens (including phenoxy) is 3. The number of hydrogen-bond donors (Lipinski definition) is 0. The minimum absolute atomic E-state index is 0.0820. The second-order valence-corrected chi connectivity index (χ2v) is 6.96. The fourth-order valence-electron chi connectivity index (χ4n) is 3.29. The number of hydrogen-bond acceptors (Lipinski definition) is 4. The largest absolute Gasteiger partial charge is 0.493 e. The molecule has 0 aromatic heterocycles. The molecule has 0 bridgehead atoms. The molecule has 0 spiro atoms. The van der Waals surface area contributed by atoms with Crippen LogP contribution in [0.2, 0.25) is 0 Å². The predicted molar refractivity (Wildman–Crippen MR) is 122 cm³/mol. The van der Waals surface area contributed by atoms with Gasteiger partial charge in [0.25, 0.3) is 0 Å². The molecule has 3 rings (SSSR count). The van der Waals surface area contributed by atoms with Crippen molar-refractivity contribution in [3.63, 3.8) is 0 Å². The van der Waals surface area contributed by atoms with Gasteiger partial charge < -0.3 is 19.1 Å². The van der Waals surface area contributed by atoms with Crippen LogP contribution >= 0.6 is 0 Å². The van der Waals surface area contributed by atoms with E-state index < -0.39 is 0 Å². The Labute approximate surface area is 183 Å². The Kier molecular flexibility index (Phi) is 7.71. The third-order valence-corrected chi connectivity index (χ3v) is 4.85. The molecule has 0 atom stereocenters. The van der Waals surface area contributed by atoms with Gasteiger partial charge in [0.05, 0.1) is 21.3 Å². The van der Waals surface area contributed by atoms with E-state index in [1.807, 2.05) is 77.7 Å². The summed E-state index contributed by atoms with van der Waals surface area (Å²) in [7, 11) is 4.69. The molecule has 5 nitrogen and oxygen atoms in total. The van der Waals surface area contributed by atoms with Crippen LogP contribution in [0.25, 0.3) is 6.08 Å². The van der Waals surface area contributed by atoms with E-state index in [2.05, 4.69) is 0 Å². The molecule has 0 saturated heterocycles. The number of methoxy groups -OCH3 is 3. The molecule has 0 heterocycles. The quantitative estimate of drug-likeness (QED) is 0.462. The van der Waals surface area contributed by atoms with Crippen molar-refractivity contribution in [2.24, 2.45) is 0 Å². The number of carbonyl (C=O) groups is 1. The van der Waals surface area contributed by atoms with E-state index in [9.17, 15) is 4.79 Å². The topological polar surface area (TPSA) is 48.0 Å². The molecule has 31 heavy (non-hydrogen) atoms. The summed E-state index contributed by atoms with van der Waals surface area (Å²) in [4.78, 5) is 14.9. The Morgan fingerprint density at radius 1 is 0.774 bits per heavy atom. The van der Waals surface area contributed by atoms with Gasteiger partial charge in [-0.3, -0.25) is 4.79 Å². The van der Waals surface area contributed by atoms with E-state index in [1.165, 1.54) is 0 Å². The Morgan fingerprint density at radius 2 is 1.26 bits per heavy atom. The highest BCUT2D eigenvalue weighted by Gasteiger charge is 2.14. The smallest absolute Gasteiger partial charge is 0.247 e. The average Bonchev–Trinajstić information content (AvgIpc) is 2.82. The van der Waals surface area contributed by atoms with Crippen molar-refractivity contribution in [1.29, 1.82) is 0 Å². The molecular weight excluding hydrogens is 390 g/mol. The van der Waals surface area contributed by atoms with Crippen molar-refractivity contribution in [2.75, 3.05) is 21.3 Å². The molecule has 1 amide bonds. The average molecular weight is 418 g/mol. The number of amides is 1. The number of rotatable bonds is 9. The lowest BCUT2D eigenvalue weighted by atomic mass is 10.1. The third-order valence-electron chi connectivity index (χ3n) is 4.85. The zero-order valence-corrected chi connectivity index (χ0v) is 18.1. The lowest BCUT2D eigenvalue weighted by Gasteiger charge is -2.22. The molecule has 0 unspecified atom stereocenters. The van der Waals surface area contributed by atoms with Crippen molar-refractivity contribution in [3.8, 4) is 17.2 Å². The first kappa shape index (κ1) is 22.0. The predicted octanol–water partition coefficient (Wildman–Crippen LogP) is 4.95. The van der Waals surface area contributed by atoms with Gasteiger partial charge in [-0.1, -0.05) is 60.7 Å². The zero-order valence-electron chi connectivity index (χ0n) is 18.1. The molecule has 0 radical (unpaired) electrons. The van der Waals surface area contributed by atoms with Gasteiger partial charge >= 0.3 is 0 Å². The molecule has 0 N–H and O–H groups in total. The van der Waals surface area contributed by atoms with Crippen molar-refractivity contribution < 1.29 is 19.0 Å². The van der Waals surface area contributed by atoms with Crippen LogP contribution in [-0.2, 0) is 17.9 Å². The molecule has 160 valence electrons. The fourth-order valence-corrected chi connectivity index (χ4v) is 3.29. The van der Waals surface area contributed by atoms with E-state index in [0.717, 1.165) is 16.7 Å². The van der Waals surface area contributed by atoms with E-state index in [4.69, 9.17) is 14.2 Å². The number of benzene rings is 3. The number of carbonyl (C=O) groups excluding carboxylic acids is 1. The normalized spacial score (nSPS) is 10.7. The Morgan fingerprint density at radius 3 is 1.68 bits per heavy atom. The second-order valence-electron chi connectivity index (χ2n) is 6.96. The minimum atomic E-state index is -0.0820. The molecule has 0 aliphatic carbocycles. The lowest BCUT2D eigenvalue weighted by molar-refractivity contribution is -0.127. The zero-order chi connectivity index (χ0) is 22.1. The van der Waals surface area contributed by atoms with Crippen molar-refractivity contribution in [1.82, 2.24) is 4.90 Å². The van der Waals surface area contributed by atoms with Crippen LogP contribution in [0.1, 0.15) is 16.7 Å². The van der Waals surface area contributed by atoms with Crippen LogP contribution in [0.15, 0.2) is 78.9 Å². The van der Waals surface area contributed by atoms with Crippen LogP contribution in [0.3, 0.4) is 0 Å². The van der Waals surface area contributed by atoms with Gasteiger partial charge in [-0.15, -0.1) is 0 Å². The van der Waals surface area contributed by atoms with Crippen LogP contribution in [-0.4, -0.2) is 32.1 Å². The molecule has 3 aromatic carbocycles. The highest BCUT2D eigenvalue weighted by atomic mass is 16.5. The van der Waals surface area contributed by atoms with Gasteiger partial charge in [0.15, 0.2) is 11.5 Å². The maximum Gasteiger partial charge on any atom is 0.247 e. The summed E-state index contributed by atoms with van der Waals surface area (Å²) in [6, 6.07) is 23.6. The summed E-state index contributed by atoms with van der Waals surface area (Å²) in [5.41, 5.74) is 2.93. The monoisotopic (exact) mass is 417 g/mol. The van der Waals surface area contributed by atoms with Crippen LogP contribution < -0.4 is 14.2 Å². The molecule has 5 heteroatoms. The van der Waals surface area contributed by atoms with Gasteiger partial charge in [-0.05, 0) is 34.9 Å². The minimum Gasteiger partial charge on any atom is -0.493 e. The Hall–Kier alpha value is -3.73. The summed E-state index contributed by atoms with van der Waals surface area (Å²) in [5.74, 6) is 1.52. The summed E-state index contributed by atoms with van der Waals surface area (Å²) in [6.45, 7) is 1.04. The van der Waals surface area contributed by atoms with Gasteiger partial charge in [0.2, 0.25) is 11.7 Å². The molecule has 0 fully saturated rings. The molecular formula is C26H27NO4. The fraction of sp³-hybridized carbons (Fsp3) is 0.192. The highest BCUT2D eigenvalue weighted by Crippen LogP contribution is 2.38. The SMILES string of the molecule is COc1cc(C=CC(=O)N(Cc2ccccc2)Cc2ccccc2)cc(OC)c1OC. The maximum atomic E-state index is 13.1. The van der Waals surface area contributed by atoms with Gasteiger partial charge in [-0.2, -0.15) is 0 Å². The van der Waals surface area contributed by atoms with Crippen LogP contribution in [0, 0.1) is 0 Å². The van der Waals surface area contributed by atoms with E-state index in [0.29, 0.717) is 30.3 Å². The molecule has 0 aliphatic rings. The molecule has 0 saturated carbocycles. The lowest BCUT2D eigenvalue weighted by Crippen LogP contribution is -2.28. The Balaban J connectivity index is 1.84. The van der Waals surface area contributed by atoms with Crippen molar-refractivity contribution >= 4 is 12.0 Å². The standard InChI is InChI=1S/C26H27NO4/c1-29-23-16-22(17-24(30-2)26(23)31-3)14-15-25(28)27(18-20-10-6-4-7-11-20)19-21-12-8-5-9-13-21/h4-17H,18-19H2,1-3H3. The van der Waals surface area contributed by atoms with Gasteiger partial charge in [-0.25, -0.2) is 0 Å². The van der Waals surface area contributed by atoms with E-state index in [-0.39, 0.29) is 5.91 Å². The third kappa shape index (κ3) is 5.89. The van der Waals surface area contributed by atoms with Gasteiger partial charge in [0, 0.05) is 19.2 Å². The van der Waals surface area contributed by atoms with Gasteiger partial charge in [0.1, 0.15) is 0 Å². The summed E-state index contributed by atoms with van der Waals surface area (Å²) >= 11 is 0. The van der Waals surface area contributed by atoms with Crippen LogP contribution in [0.4, 0.5) is 0 Å². The molecule has 3 aromatic rings. The summed E-state index contributed by atoms with van der Waals surface area (Å²) in [6.07, 6.45) is 3.34. The first-order chi connectivity index (χ1) is 15.1. The highest BCUT2D eigenvalue weighted by molar-refractivity contribution is 5.92. The number of nitrogens with zero attached hydrogens (tertiary/aromatic N) is 1. The van der Waals surface area contributed by atoms with E-state index in [1.54, 1.807) is 33.5 Å². The van der Waals surface area contributed by atoms with Crippen LogP contribution in [0.5, 0.6) is 17.2 Å². The summed E-state index contributed by atoms with van der Waals surface area (Å²) < 4.78 is 16.2. The first-order valence-corrected chi connectivity index (χ1v) is 9.99.